The molecule has 0 aromatic heterocycles. The summed E-state index contributed by atoms with van der Waals surface area (Å²) in [6, 6.07) is 13.9. The van der Waals surface area contributed by atoms with Crippen LogP contribution in [0.4, 0.5) is 16.2 Å². The molecule has 3 nitrogen and oxygen atoms in total. The van der Waals surface area contributed by atoms with E-state index in [-0.39, 0.29) is 0 Å². The van der Waals surface area contributed by atoms with Gasteiger partial charge in [-0.15, -0.1) is 0 Å². The molecule has 20 heavy (non-hydrogen) atoms. The van der Waals surface area contributed by atoms with Crippen LogP contribution in [0, 0.1) is 0 Å². The molecule has 1 amide bonds. The minimum absolute atomic E-state index is 0.302. The average Bonchev–Trinajstić information content (AvgIpc) is 2.44. The van der Waals surface area contributed by atoms with Crippen molar-refractivity contribution >= 4 is 40.7 Å². The molecule has 0 aliphatic heterocycles. The van der Waals surface area contributed by atoms with Gasteiger partial charge in [-0.3, -0.25) is 0 Å². The van der Waals surface area contributed by atoms with E-state index in [1.807, 2.05) is 0 Å². The lowest BCUT2D eigenvalue weighted by Crippen LogP contribution is -2.26. The van der Waals surface area contributed by atoms with Crippen LogP contribution < -0.4 is 4.90 Å². The van der Waals surface area contributed by atoms with E-state index in [9.17, 15) is 4.79 Å². The molecule has 2 rings (SSSR count). The van der Waals surface area contributed by atoms with Crippen LogP contribution in [0.25, 0.3) is 0 Å². The van der Waals surface area contributed by atoms with Crippen LogP contribution in [-0.2, 0) is 4.74 Å². The molecule has 0 atom stereocenters. The van der Waals surface area contributed by atoms with Crippen molar-refractivity contribution in [3.8, 4) is 0 Å². The lowest BCUT2D eigenvalue weighted by atomic mass is 10.2. The van der Waals surface area contributed by atoms with Gasteiger partial charge in [-0.05, 0) is 55.5 Å². The zero-order valence-electron chi connectivity index (χ0n) is 10.8. The molecule has 2 aromatic rings. The summed E-state index contributed by atoms with van der Waals surface area (Å²) in [5, 5.41) is 1.21. The number of halogens is 2. The van der Waals surface area contributed by atoms with Crippen LogP contribution in [-0.4, -0.2) is 12.7 Å². The van der Waals surface area contributed by atoms with Gasteiger partial charge in [0.2, 0.25) is 0 Å². The number of carbonyl (C=O) groups excluding carboxylic acids is 1. The second-order valence-electron chi connectivity index (χ2n) is 3.99. The molecule has 0 saturated heterocycles. The Morgan fingerprint density at radius 2 is 1.35 bits per heavy atom. The first-order valence-corrected chi connectivity index (χ1v) is 6.85. The molecule has 0 bridgehead atoms. The molecule has 0 spiro atoms. The fourth-order valence-corrected chi connectivity index (χ4v) is 1.98. The molecule has 2 aromatic carbocycles. The number of amides is 1. The van der Waals surface area contributed by atoms with Crippen molar-refractivity contribution in [1.29, 1.82) is 0 Å². The van der Waals surface area contributed by atoms with Gasteiger partial charge in [0.25, 0.3) is 0 Å². The lowest BCUT2D eigenvalue weighted by molar-refractivity contribution is 0.162. The van der Waals surface area contributed by atoms with E-state index in [1.54, 1.807) is 55.5 Å². The summed E-state index contributed by atoms with van der Waals surface area (Å²) in [5.41, 5.74) is 1.35. The fourth-order valence-electron chi connectivity index (χ4n) is 1.73. The number of rotatable bonds is 3. The average molecular weight is 310 g/mol. The highest BCUT2D eigenvalue weighted by molar-refractivity contribution is 6.31. The Bertz CT molecular complexity index is 536. The third-order valence-corrected chi connectivity index (χ3v) is 3.12. The first-order chi connectivity index (χ1) is 9.61. The number of carbonyl (C=O) groups is 1. The Hall–Kier alpha value is -1.71. The van der Waals surface area contributed by atoms with E-state index >= 15 is 0 Å². The van der Waals surface area contributed by atoms with Gasteiger partial charge in [0.1, 0.15) is 0 Å². The summed E-state index contributed by atoms with van der Waals surface area (Å²) in [5.74, 6) is 0. The quantitative estimate of drug-likeness (QED) is 0.771. The van der Waals surface area contributed by atoms with Crippen molar-refractivity contribution in [2.45, 2.75) is 6.92 Å². The minimum atomic E-state index is -0.447. The molecular formula is C15H13Cl2NO2. The van der Waals surface area contributed by atoms with E-state index in [2.05, 4.69) is 0 Å². The van der Waals surface area contributed by atoms with E-state index in [0.29, 0.717) is 28.0 Å². The minimum Gasteiger partial charge on any atom is -0.449 e. The summed E-state index contributed by atoms with van der Waals surface area (Å²) >= 11 is 11.7. The summed E-state index contributed by atoms with van der Waals surface area (Å²) in [4.78, 5) is 13.6. The molecule has 0 heterocycles. The SMILES string of the molecule is CCOC(=O)N(c1ccc(Cl)cc1)c1ccc(Cl)cc1. The highest BCUT2D eigenvalue weighted by Crippen LogP contribution is 2.28. The number of anilines is 2. The Labute approximate surface area is 127 Å². The van der Waals surface area contributed by atoms with Crippen LogP contribution in [0.15, 0.2) is 48.5 Å². The maximum absolute atomic E-state index is 12.2. The van der Waals surface area contributed by atoms with Crippen molar-refractivity contribution in [1.82, 2.24) is 0 Å². The third-order valence-electron chi connectivity index (χ3n) is 2.62. The number of ether oxygens (including phenoxy) is 1. The maximum Gasteiger partial charge on any atom is 0.418 e. The molecule has 0 unspecified atom stereocenters. The van der Waals surface area contributed by atoms with Crippen LogP contribution in [0.2, 0.25) is 10.0 Å². The first kappa shape index (κ1) is 14.7. The molecule has 5 heteroatoms. The van der Waals surface area contributed by atoms with Gasteiger partial charge in [0.05, 0.1) is 18.0 Å². The zero-order valence-corrected chi connectivity index (χ0v) is 12.4. The summed E-state index contributed by atoms with van der Waals surface area (Å²) in [7, 11) is 0. The molecule has 0 radical (unpaired) electrons. The Kier molecular flexibility index (Phi) is 4.88. The normalized spacial score (nSPS) is 10.2. The van der Waals surface area contributed by atoms with E-state index in [0.717, 1.165) is 0 Å². The standard InChI is InChI=1S/C15H13Cl2NO2/c1-2-20-15(19)18(13-7-3-11(16)4-8-13)14-9-5-12(17)6-10-14/h3-10H,2H2,1H3. The number of benzene rings is 2. The third kappa shape index (κ3) is 3.44. The number of hydrogen-bond donors (Lipinski definition) is 0. The van der Waals surface area contributed by atoms with Crippen molar-refractivity contribution in [3.63, 3.8) is 0 Å². The predicted molar refractivity (Wildman–Crippen MR) is 82.1 cm³/mol. The van der Waals surface area contributed by atoms with Gasteiger partial charge in [-0.1, -0.05) is 23.2 Å². The van der Waals surface area contributed by atoms with Gasteiger partial charge in [-0.25, -0.2) is 9.69 Å². The van der Waals surface area contributed by atoms with Gasteiger partial charge in [0, 0.05) is 10.0 Å². The van der Waals surface area contributed by atoms with Gasteiger partial charge >= 0.3 is 6.09 Å². The van der Waals surface area contributed by atoms with Crippen LogP contribution in [0.1, 0.15) is 6.92 Å². The van der Waals surface area contributed by atoms with Crippen LogP contribution >= 0.6 is 23.2 Å². The number of hydrogen-bond acceptors (Lipinski definition) is 2. The molecular weight excluding hydrogens is 297 g/mol. The smallest absolute Gasteiger partial charge is 0.418 e. The van der Waals surface area contributed by atoms with Gasteiger partial charge in [0.15, 0.2) is 0 Å². The topological polar surface area (TPSA) is 29.5 Å². The summed E-state index contributed by atoms with van der Waals surface area (Å²) < 4.78 is 5.09. The van der Waals surface area contributed by atoms with E-state index < -0.39 is 6.09 Å². The Morgan fingerprint density at radius 3 is 1.70 bits per heavy atom. The lowest BCUT2D eigenvalue weighted by Gasteiger charge is -2.22. The van der Waals surface area contributed by atoms with Gasteiger partial charge < -0.3 is 4.74 Å². The molecule has 104 valence electrons. The summed E-state index contributed by atoms with van der Waals surface area (Å²) in [6.45, 7) is 2.07. The van der Waals surface area contributed by atoms with Gasteiger partial charge in [-0.2, -0.15) is 0 Å². The molecule has 0 N–H and O–H groups in total. The second-order valence-corrected chi connectivity index (χ2v) is 4.86. The predicted octanol–water partition coefficient (Wildman–Crippen LogP) is 5.29. The Balaban J connectivity index is 2.41. The largest absolute Gasteiger partial charge is 0.449 e. The highest BCUT2D eigenvalue weighted by Gasteiger charge is 2.19. The maximum atomic E-state index is 12.2. The van der Waals surface area contributed by atoms with E-state index in [4.69, 9.17) is 27.9 Å². The van der Waals surface area contributed by atoms with Crippen molar-refractivity contribution < 1.29 is 9.53 Å². The van der Waals surface area contributed by atoms with Crippen molar-refractivity contribution in [3.05, 3.63) is 58.6 Å². The monoisotopic (exact) mass is 309 g/mol. The molecule has 0 fully saturated rings. The molecule has 0 aliphatic rings. The second kappa shape index (κ2) is 6.64. The molecule has 0 saturated carbocycles. The zero-order chi connectivity index (χ0) is 14.5. The highest BCUT2D eigenvalue weighted by atomic mass is 35.5. The molecule has 0 aliphatic carbocycles. The first-order valence-electron chi connectivity index (χ1n) is 6.10. The van der Waals surface area contributed by atoms with Crippen molar-refractivity contribution in [2.75, 3.05) is 11.5 Å². The fraction of sp³-hybridized carbons (Fsp3) is 0.133. The summed E-state index contributed by atoms with van der Waals surface area (Å²) in [6.07, 6.45) is -0.447. The van der Waals surface area contributed by atoms with Crippen molar-refractivity contribution in [2.24, 2.45) is 0 Å². The van der Waals surface area contributed by atoms with E-state index in [1.165, 1.54) is 4.90 Å². The van der Waals surface area contributed by atoms with Crippen LogP contribution in [0.3, 0.4) is 0 Å². The van der Waals surface area contributed by atoms with Crippen LogP contribution in [0.5, 0.6) is 0 Å². The Morgan fingerprint density at radius 1 is 0.950 bits per heavy atom. The number of nitrogens with zero attached hydrogens (tertiary/aromatic N) is 1.